The number of anilines is 1. The molecule has 1 aromatic carbocycles. The Morgan fingerprint density at radius 3 is 2.63 bits per heavy atom. The first kappa shape index (κ1) is 13.4. The number of hydrogen-bond donors (Lipinski definition) is 1. The molecule has 100 valence electrons. The standard InChI is InChI=1S/C12H11BrCl2N4/c13-8-6-10-7(5-9(8)14)11(18-12(15)17-10)19-3-1-16-2-4-19/h5-6,16H,1-4H2. The second kappa shape index (κ2) is 5.40. The Kier molecular flexibility index (Phi) is 3.80. The molecule has 2 aromatic rings. The van der Waals surface area contributed by atoms with Crippen molar-refractivity contribution in [2.24, 2.45) is 0 Å². The molecule has 1 aliphatic rings. The zero-order valence-electron chi connectivity index (χ0n) is 9.96. The zero-order chi connectivity index (χ0) is 13.4. The summed E-state index contributed by atoms with van der Waals surface area (Å²) in [4.78, 5) is 10.8. The highest BCUT2D eigenvalue weighted by atomic mass is 79.9. The van der Waals surface area contributed by atoms with Gasteiger partial charge in [0.2, 0.25) is 5.28 Å². The smallest absolute Gasteiger partial charge is 0.224 e. The number of nitrogens with zero attached hydrogens (tertiary/aromatic N) is 3. The maximum atomic E-state index is 6.17. The van der Waals surface area contributed by atoms with Crippen LogP contribution in [0.25, 0.3) is 10.9 Å². The highest BCUT2D eigenvalue weighted by molar-refractivity contribution is 9.10. The van der Waals surface area contributed by atoms with Crippen molar-refractivity contribution in [3.8, 4) is 0 Å². The summed E-state index contributed by atoms with van der Waals surface area (Å²) < 4.78 is 0.808. The van der Waals surface area contributed by atoms with E-state index in [9.17, 15) is 0 Å². The molecule has 7 heteroatoms. The van der Waals surface area contributed by atoms with Gasteiger partial charge in [0, 0.05) is 36.0 Å². The Morgan fingerprint density at radius 1 is 1.16 bits per heavy atom. The molecule has 0 atom stereocenters. The van der Waals surface area contributed by atoms with Crippen molar-refractivity contribution in [2.45, 2.75) is 0 Å². The van der Waals surface area contributed by atoms with E-state index < -0.39 is 0 Å². The van der Waals surface area contributed by atoms with Crippen LogP contribution in [0.1, 0.15) is 0 Å². The number of fused-ring (bicyclic) bond motifs is 1. The van der Waals surface area contributed by atoms with Crippen LogP contribution in [0.4, 0.5) is 5.82 Å². The fourth-order valence-corrected chi connectivity index (χ4v) is 2.86. The number of rotatable bonds is 1. The summed E-state index contributed by atoms with van der Waals surface area (Å²) in [6.07, 6.45) is 0. The number of piperazine rings is 1. The Balaban J connectivity index is 2.18. The minimum Gasteiger partial charge on any atom is -0.353 e. The summed E-state index contributed by atoms with van der Waals surface area (Å²) in [5.74, 6) is 0.853. The van der Waals surface area contributed by atoms with Crippen LogP contribution < -0.4 is 10.2 Å². The lowest BCUT2D eigenvalue weighted by molar-refractivity contribution is 0.586. The molecule has 19 heavy (non-hydrogen) atoms. The van der Waals surface area contributed by atoms with Gasteiger partial charge >= 0.3 is 0 Å². The van der Waals surface area contributed by atoms with Crippen LogP contribution >= 0.6 is 39.1 Å². The van der Waals surface area contributed by atoms with Crippen LogP contribution in [0.5, 0.6) is 0 Å². The maximum absolute atomic E-state index is 6.17. The number of halogens is 3. The fourth-order valence-electron chi connectivity index (χ4n) is 2.20. The minimum atomic E-state index is 0.259. The van der Waals surface area contributed by atoms with E-state index in [0.717, 1.165) is 47.4 Å². The Morgan fingerprint density at radius 2 is 1.89 bits per heavy atom. The molecule has 0 spiro atoms. The molecule has 2 heterocycles. The lowest BCUT2D eigenvalue weighted by Gasteiger charge is -2.29. The predicted octanol–water partition coefficient (Wildman–Crippen LogP) is 3.11. The highest BCUT2D eigenvalue weighted by Crippen LogP contribution is 2.32. The number of benzene rings is 1. The van der Waals surface area contributed by atoms with Gasteiger partial charge in [-0.3, -0.25) is 0 Å². The molecule has 4 nitrogen and oxygen atoms in total. The first-order valence-corrected chi connectivity index (χ1v) is 7.48. The zero-order valence-corrected chi connectivity index (χ0v) is 13.1. The molecular formula is C12H11BrCl2N4. The van der Waals surface area contributed by atoms with E-state index in [0.29, 0.717) is 5.02 Å². The van der Waals surface area contributed by atoms with Gasteiger partial charge < -0.3 is 10.2 Å². The van der Waals surface area contributed by atoms with Crippen molar-refractivity contribution in [1.29, 1.82) is 0 Å². The third kappa shape index (κ3) is 2.65. The quantitative estimate of drug-likeness (QED) is 0.792. The van der Waals surface area contributed by atoms with Crippen molar-refractivity contribution >= 4 is 55.9 Å². The minimum absolute atomic E-state index is 0.259. The van der Waals surface area contributed by atoms with E-state index in [1.165, 1.54) is 0 Å². The first-order valence-electron chi connectivity index (χ1n) is 5.93. The van der Waals surface area contributed by atoms with Crippen LogP contribution in [-0.4, -0.2) is 36.1 Å². The Bertz CT molecular complexity index is 629. The molecule has 1 aliphatic heterocycles. The summed E-state index contributed by atoms with van der Waals surface area (Å²) in [5, 5.41) is 5.15. The monoisotopic (exact) mass is 360 g/mol. The Hall–Kier alpha value is -0.620. The summed E-state index contributed by atoms with van der Waals surface area (Å²) in [5.41, 5.74) is 0.796. The topological polar surface area (TPSA) is 41.1 Å². The van der Waals surface area contributed by atoms with Crippen LogP contribution in [0.3, 0.4) is 0 Å². The van der Waals surface area contributed by atoms with Crippen LogP contribution in [0.15, 0.2) is 16.6 Å². The molecule has 0 unspecified atom stereocenters. The van der Waals surface area contributed by atoms with E-state index in [-0.39, 0.29) is 5.28 Å². The van der Waals surface area contributed by atoms with Gasteiger partial charge in [-0.05, 0) is 39.7 Å². The molecule has 1 fully saturated rings. The molecule has 0 amide bonds. The average Bonchev–Trinajstić information content (AvgIpc) is 2.41. The lowest BCUT2D eigenvalue weighted by atomic mass is 10.2. The third-order valence-electron chi connectivity index (χ3n) is 3.11. The molecule has 0 saturated carbocycles. The first-order chi connectivity index (χ1) is 9.15. The van der Waals surface area contributed by atoms with Gasteiger partial charge in [0.05, 0.1) is 10.5 Å². The van der Waals surface area contributed by atoms with Crippen LogP contribution in [0.2, 0.25) is 10.3 Å². The van der Waals surface area contributed by atoms with Crippen LogP contribution in [0, 0.1) is 0 Å². The lowest BCUT2D eigenvalue weighted by Crippen LogP contribution is -2.44. The second-order valence-corrected chi connectivity index (χ2v) is 5.94. The molecular weight excluding hydrogens is 351 g/mol. The van der Waals surface area contributed by atoms with Crippen molar-refractivity contribution in [2.75, 3.05) is 31.1 Å². The predicted molar refractivity (Wildman–Crippen MR) is 82.3 cm³/mol. The number of aromatic nitrogens is 2. The van der Waals surface area contributed by atoms with E-state index in [1.807, 2.05) is 12.1 Å². The molecule has 0 bridgehead atoms. The molecule has 0 radical (unpaired) electrons. The molecule has 0 aliphatic carbocycles. The molecule has 1 N–H and O–H groups in total. The van der Waals surface area contributed by atoms with Gasteiger partial charge in [-0.2, -0.15) is 4.98 Å². The second-order valence-electron chi connectivity index (χ2n) is 4.34. The van der Waals surface area contributed by atoms with Gasteiger partial charge in [0.25, 0.3) is 0 Å². The van der Waals surface area contributed by atoms with Crippen LogP contribution in [-0.2, 0) is 0 Å². The molecule has 3 rings (SSSR count). The Labute approximate surface area is 129 Å². The summed E-state index contributed by atoms with van der Waals surface area (Å²) in [7, 11) is 0. The van der Waals surface area contributed by atoms with Gasteiger partial charge in [0.1, 0.15) is 5.82 Å². The van der Waals surface area contributed by atoms with E-state index >= 15 is 0 Å². The van der Waals surface area contributed by atoms with Gasteiger partial charge in [-0.1, -0.05) is 11.6 Å². The number of nitrogens with one attached hydrogen (secondary N) is 1. The largest absolute Gasteiger partial charge is 0.353 e. The average molecular weight is 362 g/mol. The normalized spacial score (nSPS) is 16.1. The summed E-state index contributed by atoms with van der Waals surface area (Å²) >= 11 is 15.6. The highest BCUT2D eigenvalue weighted by Gasteiger charge is 2.17. The SMILES string of the molecule is Clc1nc(N2CCNCC2)c2cc(Cl)c(Br)cc2n1. The van der Waals surface area contributed by atoms with E-state index in [2.05, 4.69) is 36.1 Å². The van der Waals surface area contributed by atoms with E-state index in [4.69, 9.17) is 23.2 Å². The molecule has 1 aromatic heterocycles. The number of hydrogen-bond acceptors (Lipinski definition) is 4. The van der Waals surface area contributed by atoms with Crippen molar-refractivity contribution in [3.05, 3.63) is 26.9 Å². The molecule has 1 saturated heterocycles. The van der Waals surface area contributed by atoms with Crippen molar-refractivity contribution in [1.82, 2.24) is 15.3 Å². The van der Waals surface area contributed by atoms with Gasteiger partial charge in [-0.15, -0.1) is 0 Å². The summed E-state index contributed by atoms with van der Waals surface area (Å²) in [6, 6.07) is 3.76. The fraction of sp³-hybridized carbons (Fsp3) is 0.333. The van der Waals surface area contributed by atoms with E-state index in [1.54, 1.807) is 0 Å². The van der Waals surface area contributed by atoms with Gasteiger partial charge in [0.15, 0.2) is 0 Å². The maximum Gasteiger partial charge on any atom is 0.224 e. The van der Waals surface area contributed by atoms with Gasteiger partial charge in [-0.25, -0.2) is 4.98 Å². The van der Waals surface area contributed by atoms with Crippen molar-refractivity contribution in [3.63, 3.8) is 0 Å². The van der Waals surface area contributed by atoms with Crippen molar-refractivity contribution < 1.29 is 0 Å². The summed E-state index contributed by atoms with van der Waals surface area (Å²) in [6.45, 7) is 3.67. The third-order valence-corrected chi connectivity index (χ3v) is 4.47.